The van der Waals surface area contributed by atoms with Crippen molar-refractivity contribution in [3.63, 3.8) is 0 Å². The number of hydrogen-bond acceptors (Lipinski definition) is 4. The number of nitrogens with one attached hydrogen (secondary N) is 2. The SMILES string of the molecule is CC(=O)c1cc(F)ccc1O[C@H](C)C(=O)NC(=O)NC1CCCC1. The molecule has 0 heterocycles. The van der Waals surface area contributed by atoms with Crippen molar-refractivity contribution in [1.29, 1.82) is 0 Å². The number of rotatable bonds is 5. The van der Waals surface area contributed by atoms with Crippen molar-refractivity contribution < 1.29 is 23.5 Å². The molecule has 1 aliphatic carbocycles. The van der Waals surface area contributed by atoms with Gasteiger partial charge in [0.2, 0.25) is 0 Å². The second-order valence-corrected chi connectivity index (χ2v) is 5.90. The standard InChI is InChI=1S/C17H21FN2O4/c1-10(21)14-9-12(18)7-8-15(14)24-11(2)16(22)20-17(23)19-13-5-3-4-6-13/h7-9,11,13H,3-6H2,1-2H3,(H2,19,20,22,23)/t11-/m1/s1. The number of halogens is 1. The fourth-order valence-electron chi connectivity index (χ4n) is 2.63. The van der Waals surface area contributed by atoms with Gasteiger partial charge in [0.1, 0.15) is 11.6 Å². The maximum Gasteiger partial charge on any atom is 0.321 e. The van der Waals surface area contributed by atoms with E-state index in [1.807, 2.05) is 0 Å². The van der Waals surface area contributed by atoms with E-state index in [9.17, 15) is 18.8 Å². The number of hydrogen-bond donors (Lipinski definition) is 2. The Morgan fingerprint density at radius 2 is 1.92 bits per heavy atom. The lowest BCUT2D eigenvalue weighted by molar-refractivity contribution is -0.126. The molecule has 1 aromatic rings. The second-order valence-electron chi connectivity index (χ2n) is 5.90. The van der Waals surface area contributed by atoms with Crippen molar-refractivity contribution in [3.8, 4) is 5.75 Å². The minimum atomic E-state index is -1.01. The molecule has 6 nitrogen and oxygen atoms in total. The predicted octanol–water partition coefficient (Wildman–Crippen LogP) is 2.56. The van der Waals surface area contributed by atoms with E-state index in [1.165, 1.54) is 19.9 Å². The van der Waals surface area contributed by atoms with Crippen molar-refractivity contribution in [3.05, 3.63) is 29.6 Å². The van der Waals surface area contributed by atoms with Gasteiger partial charge in [0.05, 0.1) is 5.56 Å². The molecule has 2 N–H and O–H groups in total. The van der Waals surface area contributed by atoms with E-state index in [0.717, 1.165) is 37.8 Å². The molecule has 7 heteroatoms. The van der Waals surface area contributed by atoms with Gasteiger partial charge >= 0.3 is 6.03 Å². The topological polar surface area (TPSA) is 84.5 Å². The fourth-order valence-corrected chi connectivity index (χ4v) is 2.63. The normalized spacial score (nSPS) is 15.6. The molecule has 1 atom stereocenters. The Hall–Kier alpha value is -2.44. The van der Waals surface area contributed by atoms with E-state index < -0.39 is 23.9 Å². The third-order valence-electron chi connectivity index (χ3n) is 3.92. The lowest BCUT2D eigenvalue weighted by Gasteiger charge is -2.17. The highest BCUT2D eigenvalue weighted by molar-refractivity contribution is 5.98. The number of carbonyl (C=O) groups excluding carboxylic acids is 3. The summed E-state index contributed by atoms with van der Waals surface area (Å²) >= 11 is 0. The number of urea groups is 1. The first-order valence-corrected chi connectivity index (χ1v) is 7.95. The van der Waals surface area contributed by atoms with Gasteiger partial charge in [-0.05, 0) is 44.9 Å². The molecule has 0 bridgehead atoms. The molecule has 0 unspecified atom stereocenters. The number of ether oxygens (including phenoxy) is 1. The van der Waals surface area contributed by atoms with Crippen LogP contribution in [0.4, 0.5) is 9.18 Å². The summed E-state index contributed by atoms with van der Waals surface area (Å²) < 4.78 is 18.6. The van der Waals surface area contributed by atoms with Crippen LogP contribution in [0.15, 0.2) is 18.2 Å². The summed E-state index contributed by atoms with van der Waals surface area (Å²) in [7, 11) is 0. The van der Waals surface area contributed by atoms with Gasteiger partial charge in [0.15, 0.2) is 11.9 Å². The highest BCUT2D eigenvalue weighted by Gasteiger charge is 2.22. The quantitative estimate of drug-likeness (QED) is 0.809. The highest BCUT2D eigenvalue weighted by Crippen LogP contribution is 2.21. The zero-order valence-electron chi connectivity index (χ0n) is 13.7. The zero-order chi connectivity index (χ0) is 17.7. The van der Waals surface area contributed by atoms with E-state index in [2.05, 4.69) is 10.6 Å². The highest BCUT2D eigenvalue weighted by atomic mass is 19.1. The van der Waals surface area contributed by atoms with Crippen LogP contribution in [-0.2, 0) is 4.79 Å². The first-order chi connectivity index (χ1) is 11.4. The van der Waals surface area contributed by atoms with Gasteiger partial charge in [-0.15, -0.1) is 0 Å². The van der Waals surface area contributed by atoms with Gasteiger partial charge in [-0.1, -0.05) is 12.8 Å². The Balaban J connectivity index is 1.93. The monoisotopic (exact) mass is 336 g/mol. The van der Waals surface area contributed by atoms with Gasteiger partial charge in [-0.3, -0.25) is 14.9 Å². The summed E-state index contributed by atoms with van der Waals surface area (Å²) in [4.78, 5) is 35.3. The van der Waals surface area contributed by atoms with Crippen molar-refractivity contribution in [2.24, 2.45) is 0 Å². The fraction of sp³-hybridized carbons (Fsp3) is 0.471. The zero-order valence-corrected chi connectivity index (χ0v) is 13.7. The summed E-state index contributed by atoms with van der Waals surface area (Å²) in [6.45, 7) is 2.73. The van der Waals surface area contributed by atoms with Crippen LogP contribution in [0.1, 0.15) is 49.9 Å². The molecular formula is C17H21FN2O4. The van der Waals surface area contributed by atoms with E-state index in [1.54, 1.807) is 0 Å². The smallest absolute Gasteiger partial charge is 0.321 e. The van der Waals surface area contributed by atoms with Crippen LogP contribution in [0.25, 0.3) is 0 Å². The Bertz CT molecular complexity index is 641. The molecule has 1 fully saturated rings. The van der Waals surface area contributed by atoms with Crippen molar-refractivity contribution >= 4 is 17.7 Å². The van der Waals surface area contributed by atoms with Gasteiger partial charge in [-0.25, -0.2) is 9.18 Å². The van der Waals surface area contributed by atoms with E-state index >= 15 is 0 Å². The van der Waals surface area contributed by atoms with Crippen LogP contribution in [0.3, 0.4) is 0 Å². The first-order valence-electron chi connectivity index (χ1n) is 7.95. The number of amides is 3. The van der Waals surface area contributed by atoms with Crippen LogP contribution in [0.5, 0.6) is 5.75 Å². The Morgan fingerprint density at radius 1 is 1.25 bits per heavy atom. The molecule has 2 rings (SSSR count). The van der Waals surface area contributed by atoms with Crippen molar-refractivity contribution in [2.45, 2.75) is 51.7 Å². The maximum atomic E-state index is 13.2. The average Bonchev–Trinajstić information content (AvgIpc) is 3.01. The van der Waals surface area contributed by atoms with Crippen LogP contribution in [0.2, 0.25) is 0 Å². The number of benzene rings is 1. The van der Waals surface area contributed by atoms with Gasteiger partial charge < -0.3 is 10.1 Å². The molecule has 0 radical (unpaired) electrons. The van der Waals surface area contributed by atoms with Crippen LogP contribution >= 0.6 is 0 Å². The number of ketones is 1. The Morgan fingerprint density at radius 3 is 2.54 bits per heavy atom. The average molecular weight is 336 g/mol. The summed E-state index contributed by atoms with van der Waals surface area (Å²) in [6.07, 6.45) is 2.94. The minimum Gasteiger partial charge on any atom is -0.480 e. The first kappa shape index (κ1) is 17.9. The second kappa shape index (κ2) is 7.90. The molecule has 130 valence electrons. The third kappa shape index (κ3) is 4.78. The molecular weight excluding hydrogens is 315 g/mol. The molecule has 1 saturated carbocycles. The van der Waals surface area contributed by atoms with E-state index in [4.69, 9.17) is 4.74 Å². The summed E-state index contributed by atoms with van der Waals surface area (Å²) in [6, 6.07) is 3.01. The summed E-state index contributed by atoms with van der Waals surface area (Å²) in [5, 5.41) is 4.95. The van der Waals surface area contributed by atoms with Crippen LogP contribution < -0.4 is 15.4 Å². The number of Topliss-reactive ketones (excluding diaryl/α,β-unsaturated/α-hetero) is 1. The van der Waals surface area contributed by atoms with Gasteiger partial charge in [-0.2, -0.15) is 0 Å². The predicted molar refractivity (Wildman–Crippen MR) is 85.4 cm³/mol. The van der Waals surface area contributed by atoms with Crippen molar-refractivity contribution in [2.75, 3.05) is 0 Å². The van der Waals surface area contributed by atoms with Gasteiger partial charge in [0.25, 0.3) is 5.91 Å². The summed E-state index contributed by atoms with van der Waals surface area (Å²) in [5.41, 5.74) is 0.0463. The van der Waals surface area contributed by atoms with Gasteiger partial charge in [0, 0.05) is 6.04 Å². The molecule has 3 amide bonds. The molecule has 0 aliphatic heterocycles. The Kier molecular flexibility index (Phi) is 5.89. The maximum absolute atomic E-state index is 13.2. The van der Waals surface area contributed by atoms with E-state index in [-0.39, 0.29) is 23.1 Å². The molecule has 0 aromatic heterocycles. The number of carbonyl (C=O) groups is 3. The lowest BCUT2D eigenvalue weighted by Crippen LogP contribution is -2.47. The lowest BCUT2D eigenvalue weighted by atomic mass is 10.1. The molecule has 0 spiro atoms. The molecule has 24 heavy (non-hydrogen) atoms. The van der Waals surface area contributed by atoms with E-state index in [0.29, 0.717) is 0 Å². The Labute approximate surface area is 139 Å². The van der Waals surface area contributed by atoms with Crippen molar-refractivity contribution in [1.82, 2.24) is 10.6 Å². The van der Waals surface area contributed by atoms with Crippen LogP contribution in [0, 0.1) is 5.82 Å². The molecule has 0 saturated heterocycles. The van der Waals surface area contributed by atoms with Crippen LogP contribution in [-0.4, -0.2) is 29.9 Å². The minimum absolute atomic E-state index is 0.0463. The largest absolute Gasteiger partial charge is 0.480 e. The molecule has 1 aliphatic rings. The molecule has 1 aromatic carbocycles. The third-order valence-corrected chi connectivity index (χ3v) is 3.92. The number of imide groups is 1. The summed E-state index contributed by atoms with van der Waals surface area (Å²) in [5.74, 6) is -1.48.